The van der Waals surface area contributed by atoms with Gasteiger partial charge in [0.25, 0.3) is 0 Å². The Balaban J connectivity index is 1.88. The second-order valence-corrected chi connectivity index (χ2v) is 5.47. The van der Waals surface area contributed by atoms with E-state index in [1.165, 1.54) is 32.1 Å². The Morgan fingerprint density at radius 2 is 2.10 bits per heavy atom. The van der Waals surface area contributed by atoms with Gasteiger partial charge in [-0.25, -0.2) is 0 Å². The summed E-state index contributed by atoms with van der Waals surface area (Å²) in [5.74, 6) is 0.410. The Kier molecular flexibility index (Phi) is 5.60. The molecule has 1 aliphatic carbocycles. The Hall–Kier alpha value is -2.04. The molecule has 0 unspecified atom stereocenters. The fraction of sp³-hybridized carbons (Fsp3) is 0.500. The van der Waals surface area contributed by atoms with Gasteiger partial charge >= 0.3 is 0 Å². The SMILES string of the molecule is CN=C(NCc1cccc(C(N)=O)c1)NC1CCCCC1. The van der Waals surface area contributed by atoms with Gasteiger partial charge in [-0.2, -0.15) is 0 Å². The molecule has 4 N–H and O–H groups in total. The lowest BCUT2D eigenvalue weighted by molar-refractivity contribution is 0.1000. The highest BCUT2D eigenvalue weighted by Gasteiger charge is 2.14. The first kappa shape index (κ1) is 15.4. The number of primary amides is 1. The minimum Gasteiger partial charge on any atom is -0.366 e. The van der Waals surface area contributed by atoms with Crippen molar-refractivity contribution in [3.63, 3.8) is 0 Å². The molecule has 5 nitrogen and oxygen atoms in total. The van der Waals surface area contributed by atoms with Crippen LogP contribution in [0.3, 0.4) is 0 Å². The second-order valence-electron chi connectivity index (χ2n) is 5.47. The van der Waals surface area contributed by atoms with Gasteiger partial charge < -0.3 is 16.4 Å². The molecule has 0 atom stereocenters. The maximum absolute atomic E-state index is 11.2. The maximum Gasteiger partial charge on any atom is 0.248 e. The van der Waals surface area contributed by atoms with Gasteiger partial charge in [0.1, 0.15) is 0 Å². The second kappa shape index (κ2) is 7.67. The first-order chi connectivity index (χ1) is 10.2. The molecule has 1 aliphatic rings. The summed E-state index contributed by atoms with van der Waals surface area (Å²) in [6, 6.07) is 7.85. The summed E-state index contributed by atoms with van der Waals surface area (Å²) in [7, 11) is 1.78. The molecule has 0 saturated heterocycles. The summed E-state index contributed by atoms with van der Waals surface area (Å²) in [5, 5.41) is 6.75. The number of aliphatic imine (C=N–C) groups is 1. The molecule has 114 valence electrons. The molecule has 0 heterocycles. The van der Waals surface area contributed by atoms with E-state index in [4.69, 9.17) is 5.73 Å². The van der Waals surface area contributed by atoms with Crippen LogP contribution in [0.5, 0.6) is 0 Å². The van der Waals surface area contributed by atoms with Crippen LogP contribution >= 0.6 is 0 Å². The van der Waals surface area contributed by atoms with Gasteiger partial charge in [0.05, 0.1) is 0 Å². The topological polar surface area (TPSA) is 79.5 Å². The molecule has 0 aliphatic heterocycles. The first-order valence-electron chi connectivity index (χ1n) is 7.55. The number of benzene rings is 1. The largest absolute Gasteiger partial charge is 0.366 e. The van der Waals surface area contributed by atoms with Crippen molar-refractivity contribution in [2.75, 3.05) is 7.05 Å². The van der Waals surface area contributed by atoms with Crippen LogP contribution in [0.25, 0.3) is 0 Å². The predicted molar refractivity (Wildman–Crippen MR) is 85.2 cm³/mol. The van der Waals surface area contributed by atoms with Gasteiger partial charge in [-0.3, -0.25) is 9.79 Å². The number of hydrogen-bond donors (Lipinski definition) is 3. The zero-order valence-corrected chi connectivity index (χ0v) is 12.6. The van der Waals surface area contributed by atoms with E-state index in [1.807, 2.05) is 18.2 Å². The van der Waals surface area contributed by atoms with Crippen molar-refractivity contribution in [1.29, 1.82) is 0 Å². The number of hydrogen-bond acceptors (Lipinski definition) is 2. The standard InChI is InChI=1S/C16H24N4O/c1-18-16(20-14-8-3-2-4-9-14)19-11-12-6-5-7-13(10-12)15(17)21/h5-7,10,14H,2-4,8-9,11H2,1H3,(H2,17,21)(H2,18,19,20). The van der Waals surface area contributed by atoms with Crippen molar-refractivity contribution < 1.29 is 4.79 Å². The number of nitrogens with two attached hydrogens (primary N) is 1. The van der Waals surface area contributed by atoms with Crippen molar-refractivity contribution in [1.82, 2.24) is 10.6 Å². The quantitative estimate of drug-likeness (QED) is 0.583. The highest BCUT2D eigenvalue weighted by atomic mass is 16.1. The summed E-state index contributed by atoms with van der Waals surface area (Å²) in [4.78, 5) is 15.4. The van der Waals surface area contributed by atoms with Crippen molar-refractivity contribution in [2.24, 2.45) is 10.7 Å². The fourth-order valence-corrected chi connectivity index (χ4v) is 2.66. The number of rotatable bonds is 4. The number of nitrogens with zero attached hydrogens (tertiary/aromatic N) is 1. The van der Waals surface area contributed by atoms with E-state index in [1.54, 1.807) is 13.1 Å². The smallest absolute Gasteiger partial charge is 0.248 e. The third-order valence-corrected chi connectivity index (χ3v) is 3.84. The van der Waals surface area contributed by atoms with Gasteiger partial charge in [0.2, 0.25) is 5.91 Å². The summed E-state index contributed by atoms with van der Waals surface area (Å²) < 4.78 is 0. The Morgan fingerprint density at radius 3 is 2.76 bits per heavy atom. The van der Waals surface area contributed by atoms with Gasteiger partial charge in [-0.15, -0.1) is 0 Å². The molecular formula is C16H24N4O. The van der Waals surface area contributed by atoms with Gasteiger partial charge in [-0.1, -0.05) is 31.4 Å². The molecule has 0 aromatic heterocycles. The normalized spacial score (nSPS) is 16.5. The Labute approximate surface area is 126 Å². The van der Waals surface area contributed by atoms with E-state index in [2.05, 4.69) is 15.6 Å². The molecule has 1 fully saturated rings. The summed E-state index contributed by atoms with van der Waals surface area (Å²) in [5.41, 5.74) is 6.84. The Morgan fingerprint density at radius 1 is 1.33 bits per heavy atom. The van der Waals surface area contributed by atoms with Crippen molar-refractivity contribution in [2.45, 2.75) is 44.7 Å². The fourth-order valence-electron chi connectivity index (χ4n) is 2.66. The molecule has 21 heavy (non-hydrogen) atoms. The van der Waals surface area contributed by atoms with E-state index in [0.717, 1.165) is 11.5 Å². The lowest BCUT2D eigenvalue weighted by atomic mass is 9.96. The summed E-state index contributed by atoms with van der Waals surface area (Å²) >= 11 is 0. The minimum absolute atomic E-state index is 0.401. The molecule has 0 radical (unpaired) electrons. The van der Waals surface area contributed by atoms with Crippen LogP contribution in [0.15, 0.2) is 29.3 Å². The monoisotopic (exact) mass is 288 g/mol. The maximum atomic E-state index is 11.2. The number of guanidine groups is 1. The molecule has 5 heteroatoms. The molecule has 1 aromatic carbocycles. The molecule has 0 bridgehead atoms. The highest BCUT2D eigenvalue weighted by molar-refractivity contribution is 5.92. The lowest BCUT2D eigenvalue weighted by Gasteiger charge is -2.24. The van der Waals surface area contributed by atoms with Gasteiger partial charge in [0, 0.05) is 25.2 Å². The zero-order valence-electron chi connectivity index (χ0n) is 12.6. The van der Waals surface area contributed by atoms with Crippen LogP contribution in [-0.2, 0) is 6.54 Å². The number of amides is 1. The van der Waals surface area contributed by atoms with Crippen LogP contribution in [0.4, 0.5) is 0 Å². The number of carbonyl (C=O) groups is 1. The molecule has 0 spiro atoms. The molecule has 1 aromatic rings. The van der Waals surface area contributed by atoms with E-state index in [0.29, 0.717) is 18.2 Å². The van der Waals surface area contributed by atoms with Crippen LogP contribution in [0.1, 0.15) is 48.0 Å². The minimum atomic E-state index is -0.401. The molecule has 2 rings (SSSR count). The molecular weight excluding hydrogens is 264 g/mol. The van der Waals surface area contributed by atoms with Gasteiger partial charge in [0.15, 0.2) is 5.96 Å². The molecule has 1 amide bonds. The van der Waals surface area contributed by atoms with Gasteiger partial charge in [-0.05, 0) is 30.5 Å². The third-order valence-electron chi connectivity index (χ3n) is 3.84. The summed E-state index contributed by atoms with van der Waals surface area (Å²) in [6.07, 6.45) is 6.32. The predicted octanol–water partition coefficient (Wildman–Crippen LogP) is 1.78. The summed E-state index contributed by atoms with van der Waals surface area (Å²) in [6.45, 7) is 0.619. The van der Waals surface area contributed by atoms with E-state index in [-0.39, 0.29) is 0 Å². The van der Waals surface area contributed by atoms with E-state index in [9.17, 15) is 4.79 Å². The number of nitrogens with one attached hydrogen (secondary N) is 2. The van der Waals surface area contributed by atoms with Crippen molar-refractivity contribution >= 4 is 11.9 Å². The number of carbonyl (C=O) groups excluding carboxylic acids is 1. The van der Waals surface area contributed by atoms with Crippen LogP contribution < -0.4 is 16.4 Å². The van der Waals surface area contributed by atoms with Crippen molar-refractivity contribution in [3.05, 3.63) is 35.4 Å². The zero-order chi connectivity index (χ0) is 15.1. The van der Waals surface area contributed by atoms with E-state index >= 15 is 0 Å². The first-order valence-corrected chi connectivity index (χ1v) is 7.55. The van der Waals surface area contributed by atoms with Crippen LogP contribution in [-0.4, -0.2) is 25.0 Å². The third kappa shape index (κ3) is 4.77. The van der Waals surface area contributed by atoms with Crippen LogP contribution in [0.2, 0.25) is 0 Å². The van der Waals surface area contributed by atoms with Crippen molar-refractivity contribution in [3.8, 4) is 0 Å². The molecule has 1 saturated carbocycles. The Bertz CT molecular complexity index is 507. The average Bonchev–Trinajstić information content (AvgIpc) is 2.52. The van der Waals surface area contributed by atoms with E-state index < -0.39 is 5.91 Å². The highest BCUT2D eigenvalue weighted by Crippen LogP contribution is 2.17. The lowest BCUT2D eigenvalue weighted by Crippen LogP contribution is -2.43. The van der Waals surface area contributed by atoms with Crippen LogP contribution in [0, 0.1) is 0 Å². The average molecular weight is 288 g/mol.